The van der Waals surface area contributed by atoms with Crippen LogP contribution in [0.2, 0.25) is 0 Å². The maximum absolute atomic E-state index is 4.29. The van der Waals surface area contributed by atoms with E-state index in [9.17, 15) is 0 Å². The first-order valence-corrected chi connectivity index (χ1v) is 5.53. The summed E-state index contributed by atoms with van der Waals surface area (Å²) in [6.07, 6.45) is 6.17. The molecule has 0 atom stereocenters. The minimum atomic E-state index is 0.530. The predicted octanol–water partition coefficient (Wildman–Crippen LogP) is 3.29. The molecule has 0 N–H and O–H groups in total. The molecule has 1 aromatic heterocycles. The smallest absolute Gasteiger partial charge is 0.106 e. The number of halogens is 1. The van der Waals surface area contributed by atoms with Gasteiger partial charge in [-0.25, -0.2) is 4.98 Å². The molecule has 0 radical (unpaired) electrons. The zero-order valence-corrected chi connectivity index (χ0v) is 9.26. The quantitative estimate of drug-likeness (QED) is 0.684. The molecule has 0 spiro atoms. The van der Waals surface area contributed by atoms with E-state index in [1.807, 2.05) is 6.20 Å². The lowest BCUT2D eigenvalue weighted by Gasteiger charge is -2.70. The van der Waals surface area contributed by atoms with Crippen molar-refractivity contribution in [3.63, 3.8) is 0 Å². The van der Waals surface area contributed by atoms with Crippen molar-refractivity contribution >= 4 is 15.9 Å². The fourth-order valence-corrected chi connectivity index (χ4v) is 3.53. The molecule has 0 amide bonds. The van der Waals surface area contributed by atoms with Crippen LogP contribution in [-0.4, -0.2) is 4.98 Å². The average molecular weight is 238 g/mol. The van der Waals surface area contributed by atoms with Crippen LogP contribution in [0.15, 0.2) is 22.9 Å². The van der Waals surface area contributed by atoms with Crippen LogP contribution in [0.4, 0.5) is 0 Å². The maximum Gasteiger partial charge on any atom is 0.106 e. The summed E-state index contributed by atoms with van der Waals surface area (Å²) < 4.78 is 0.939. The predicted molar refractivity (Wildman–Crippen MR) is 55.6 cm³/mol. The molecule has 3 fully saturated rings. The van der Waals surface area contributed by atoms with E-state index in [4.69, 9.17) is 0 Å². The molecule has 3 aliphatic carbocycles. The van der Waals surface area contributed by atoms with E-state index >= 15 is 0 Å². The van der Waals surface area contributed by atoms with Gasteiger partial charge in [0, 0.05) is 6.20 Å². The summed E-state index contributed by atoms with van der Waals surface area (Å²) in [7, 11) is 0. The molecule has 1 aromatic rings. The highest BCUT2D eigenvalue weighted by Gasteiger charge is 2.65. The van der Waals surface area contributed by atoms with Gasteiger partial charge in [0.1, 0.15) is 4.60 Å². The molecule has 1 nitrogen and oxygen atoms in total. The molecule has 68 valence electrons. The minimum absolute atomic E-state index is 0.530. The number of rotatable bonds is 1. The van der Waals surface area contributed by atoms with Crippen molar-refractivity contribution in [3.05, 3.63) is 28.5 Å². The number of hydrogen-bond donors (Lipinski definition) is 0. The normalized spacial score (nSPS) is 40.8. The van der Waals surface area contributed by atoms with E-state index in [1.54, 1.807) is 0 Å². The summed E-state index contributed by atoms with van der Waals surface area (Å²) in [6.45, 7) is 2.39. The second kappa shape index (κ2) is 2.17. The average Bonchev–Trinajstić information content (AvgIpc) is 1.99. The summed E-state index contributed by atoms with van der Waals surface area (Å²) in [5.41, 5.74) is 2.66. The largest absolute Gasteiger partial charge is 0.249 e. The van der Waals surface area contributed by atoms with Gasteiger partial charge in [-0.1, -0.05) is 13.0 Å². The maximum atomic E-state index is 4.29. The molecule has 1 heterocycles. The third-order valence-corrected chi connectivity index (χ3v) is 4.10. The summed E-state index contributed by atoms with van der Waals surface area (Å²) in [4.78, 5) is 4.29. The zero-order chi connectivity index (χ0) is 9.10. The van der Waals surface area contributed by atoms with Crippen molar-refractivity contribution in [1.29, 1.82) is 0 Å². The van der Waals surface area contributed by atoms with Crippen LogP contribution in [-0.2, 0) is 5.41 Å². The van der Waals surface area contributed by atoms with Crippen molar-refractivity contribution in [2.24, 2.45) is 5.41 Å². The first-order valence-electron chi connectivity index (χ1n) is 4.74. The number of hydrogen-bond acceptors (Lipinski definition) is 1. The third kappa shape index (κ3) is 0.954. The highest BCUT2D eigenvalue weighted by Crippen LogP contribution is 2.73. The van der Waals surface area contributed by atoms with Crippen LogP contribution < -0.4 is 0 Å². The van der Waals surface area contributed by atoms with Crippen LogP contribution >= 0.6 is 15.9 Å². The molecule has 0 aliphatic heterocycles. The molecule has 2 bridgehead atoms. The highest BCUT2D eigenvalue weighted by atomic mass is 79.9. The molecular weight excluding hydrogens is 226 g/mol. The second-order valence-corrected chi connectivity index (χ2v) is 5.80. The Labute approximate surface area is 86.7 Å². The summed E-state index contributed by atoms with van der Waals surface area (Å²) in [5, 5.41) is 0. The zero-order valence-electron chi connectivity index (χ0n) is 7.68. The van der Waals surface area contributed by atoms with Crippen LogP contribution in [0.1, 0.15) is 31.7 Å². The Morgan fingerprint density at radius 2 is 2.00 bits per heavy atom. The van der Waals surface area contributed by atoms with Crippen LogP contribution in [0, 0.1) is 5.41 Å². The van der Waals surface area contributed by atoms with Crippen LogP contribution in [0.5, 0.6) is 0 Å². The fourth-order valence-electron chi connectivity index (χ4n) is 3.29. The van der Waals surface area contributed by atoms with Gasteiger partial charge in [0.2, 0.25) is 0 Å². The van der Waals surface area contributed by atoms with E-state index < -0.39 is 0 Å². The van der Waals surface area contributed by atoms with E-state index in [0.29, 0.717) is 10.8 Å². The molecule has 3 saturated carbocycles. The van der Waals surface area contributed by atoms with Crippen LogP contribution in [0.25, 0.3) is 0 Å². The van der Waals surface area contributed by atoms with E-state index in [0.717, 1.165) is 4.60 Å². The van der Waals surface area contributed by atoms with Gasteiger partial charge in [-0.3, -0.25) is 0 Å². The van der Waals surface area contributed by atoms with E-state index in [2.05, 4.69) is 40.0 Å². The van der Waals surface area contributed by atoms with E-state index in [1.165, 1.54) is 24.8 Å². The first kappa shape index (κ1) is 7.98. The standard InChI is InChI=1S/C11H12BrN/c1-10-5-11(6-10,7-10)8-2-3-9(12)13-4-8/h2-4H,5-7H2,1H3. The van der Waals surface area contributed by atoms with Crippen molar-refractivity contribution in [1.82, 2.24) is 4.98 Å². The lowest BCUT2D eigenvalue weighted by Crippen LogP contribution is -2.62. The Balaban J connectivity index is 1.91. The van der Waals surface area contributed by atoms with E-state index in [-0.39, 0.29) is 0 Å². The summed E-state index contributed by atoms with van der Waals surface area (Å²) in [6, 6.07) is 4.27. The number of pyridine rings is 1. The molecule has 3 aliphatic rings. The van der Waals surface area contributed by atoms with Crippen molar-refractivity contribution < 1.29 is 0 Å². The Hall–Kier alpha value is -0.370. The third-order valence-electron chi connectivity index (χ3n) is 3.64. The van der Waals surface area contributed by atoms with Gasteiger partial charge in [-0.2, -0.15) is 0 Å². The van der Waals surface area contributed by atoms with Gasteiger partial charge in [-0.15, -0.1) is 0 Å². The SMILES string of the molecule is CC12CC(c3ccc(Br)nc3)(C1)C2. The van der Waals surface area contributed by atoms with Crippen molar-refractivity contribution in [2.75, 3.05) is 0 Å². The molecule has 0 aromatic carbocycles. The van der Waals surface area contributed by atoms with Crippen molar-refractivity contribution in [3.8, 4) is 0 Å². The van der Waals surface area contributed by atoms with Gasteiger partial charge >= 0.3 is 0 Å². The fraction of sp³-hybridized carbons (Fsp3) is 0.545. The molecule has 0 saturated heterocycles. The van der Waals surface area contributed by atoms with Gasteiger partial charge in [0.05, 0.1) is 0 Å². The Bertz CT molecular complexity index is 335. The first-order chi connectivity index (χ1) is 6.12. The Morgan fingerprint density at radius 1 is 1.31 bits per heavy atom. The second-order valence-electron chi connectivity index (χ2n) is 4.99. The molecule has 4 rings (SSSR count). The van der Waals surface area contributed by atoms with Gasteiger partial charge in [0.25, 0.3) is 0 Å². The Morgan fingerprint density at radius 3 is 2.46 bits per heavy atom. The topological polar surface area (TPSA) is 12.9 Å². The van der Waals surface area contributed by atoms with Gasteiger partial charge < -0.3 is 0 Å². The number of aromatic nitrogens is 1. The van der Waals surface area contributed by atoms with Gasteiger partial charge in [0.15, 0.2) is 0 Å². The lowest BCUT2D eigenvalue weighted by atomic mass is 9.34. The summed E-state index contributed by atoms with van der Waals surface area (Å²) >= 11 is 3.36. The monoisotopic (exact) mass is 237 g/mol. The molecular formula is C11H12BrN. The lowest BCUT2D eigenvalue weighted by molar-refractivity contribution is -0.125. The van der Waals surface area contributed by atoms with Crippen LogP contribution in [0.3, 0.4) is 0 Å². The Kier molecular flexibility index (Phi) is 1.33. The molecule has 2 heteroatoms. The summed E-state index contributed by atoms with van der Waals surface area (Å²) in [5.74, 6) is 0. The van der Waals surface area contributed by atoms with Gasteiger partial charge in [-0.05, 0) is 57.7 Å². The highest BCUT2D eigenvalue weighted by molar-refractivity contribution is 9.10. The van der Waals surface area contributed by atoms with Crippen molar-refractivity contribution in [2.45, 2.75) is 31.6 Å². The minimum Gasteiger partial charge on any atom is -0.249 e. The molecule has 0 unspecified atom stereocenters. The number of nitrogens with zero attached hydrogens (tertiary/aromatic N) is 1. The molecule has 13 heavy (non-hydrogen) atoms.